The summed E-state index contributed by atoms with van der Waals surface area (Å²) in [5, 5.41) is 3.90. The van der Waals surface area contributed by atoms with Gasteiger partial charge in [-0.25, -0.2) is 9.07 Å². The highest BCUT2D eigenvalue weighted by molar-refractivity contribution is 5.79. The van der Waals surface area contributed by atoms with Gasteiger partial charge in [-0.15, -0.1) is 0 Å². The second kappa shape index (κ2) is 3.56. The van der Waals surface area contributed by atoms with Crippen LogP contribution < -0.4 is 0 Å². The van der Waals surface area contributed by atoms with Crippen LogP contribution in [-0.4, -0.2) is 9.78 Å². The largest absolute Gasteiger partial charge is 0.333 e. The van der Waals surface area contributed by atoms with Crippen molar-refractivity contribution in [2.75, 3.05) is 0 Å². The van der Waals surface area contributed by atoms with E-state index in [1.54, 1.807) is 6.92 Å². The first-order chi connectivity index (χ1) is 7.13. The number of rotatable bonds is 2. The number of hydrogen-bond acceptors (Lipinski definition) is 1. The fraction of sp³-hybridized carbons (Fsp3) is 0.300. The van der Waals surface area contributed by atoms with Gasteiger partial charge in [0.15, 0.2) is 0 Å². The third-order valence-electron chi connectivity index (χ3n) is 2.33. The van der Waals surface area contributed by atoms with Crippen molar-refractivity contribution in [2.45, 2.75) is 19.9 Å². The zero-order valence-electron chi connectivity index (χ0n) is 8.04. The minimum Gasteiger partial charge on any atom is -0.207 e. The van der Waals surface area contributed by atoms with Crippen LogP contribution in [0, 0.1) is 5.82 Å². The molecule has 80 valence electrons. The first kappa shape index (κ1) is 10.0. The van der Waals surface area contributed by atoms with Crippen LogP contribution in [-0.2, 0) is 6.42 Å². The van der Waals surface area contributed by atoms with E-state index in [1.165, 1.54) is 18.3 Å². The van der Waals surface area contributed by atoms with Gasteiger partial charge in [-0.05, 0) is 24.1 Å². The molecule has 0 atom stereocenters. The number of alkyl halides is 2. The molecular formula is C10H9F3N2. The smallest absolute Gasteiger partial charge is 0.207 e. The molecule has 1 aromatic heterocycles. The molecule has 0 spiro atoms. The Labute approximate surface area is 84.3 Å². The van der Waals surface area contributed by atoms with Crippen molar-refractivity contribution >= 4 is 10.9 Å². The summed E-state index contributed by atoms with van der Waals surface area (Å²) in [7, 11) is 0. The topological polar surface area (TPSA) is 17.8 Å². The van der Waals surface area contributed by atoms with Crippen LogP contribution in [0.5, 0.6) is 0 Å². The molecule has 0 fully saturated rings. The third-order valence-corrected chi connectivity index (χ3v) is 2.33. The number of fused-ring (bicyclic) bond motifs is 1. The van der Waals surface area contributed by atoms with E-state index >= 15 is 0 Å². The van der Waals surface area contributed by atoms with Crippen LogP contribution in [0.15, 0.2) is 18.3 Å². The molecule has 0 aliphatic rings. The van der Waals surface area contributed by atoms with Gasteiger partial charge in [0.2, 0.25) is 0 Å². The van der Waals surface area contributed by atoms with Gasteiger partial charge < -0.3 is 0 Å². The van der Waals surface area contributed by atoms with E-state index in [0.717, 1.165) is 0 Å². The molecule has 5 heteroatoms. The molecule has 0 aliphatic carbocycles. The molecule has 2 rings (SSSR count). The highest BCUT2D eigenvalue weighted by Crippen LogP contribution is 2.23. The summed E-state index contributed by atoms with van der Waals surface area (Å²) >= 11 is 0. The van der Waals surface area contributed by atoms with Gasteiger partial charge in [0, 0.05) is 5.39 Å². The Morgan fingerprint density at radius 2 is 2.13 bits per heavy atom. The lowest BCUT2D eigenvalue weighted by Gasteiger charge is -2.03. The lowest BCUT2D eigenvalue weighted by Crippen LogP contribution is -2.00. The normalized spacial score (nSPS) is 11.5. The van der Waals surface area contributed by atoms with Gasteiger partial charge >= 0.3 is 6.55 Å². The summed E-state index contributed by atoms with van der Waals surface area (Å²) in [6.45, 7) is -0.925. The van der Waals surface area contributed by atoms with Crippen molar-refractivity contribution in [2.24, 2.45) is 0 Å². The van der Waals surface area contributed by atoms with E-state index in [9.17, 15) is 13.2 Å². The van der Waals surface area contributed by atoms with Gasteiger partial charge in [-0.1, -0.05) is 6.92 Å². The highest BCUT2D eigenvalue weighted by Gasteiger charge is 2.13. The predicted octanol–water partition coefficient (Wildman–Crippen LogP) is 3.13. The summed E-state index contributed by atoms with van der Waals surface area (Å²) < 4.78 is 38.8. The minimum absolute atomic E-state index is 0.267. The molecule has 0 aliphatic heterocycles. The Hall–Kier alpha value is -1.52. The maximum atomic E-state index is 13.3. The van der Waals surface area contributed by atoms with E-state index in [-0.39, 0.29) is 11.3 Å². The minimum atomic E-state index is -2.70. The van der Waals surface area contributed by atoms with Gasteiger partial charge in [0.1, 0.15) is 5.82 Å². The molecule has 2 aromatic rings. The number of hydrogen-bond donors (Lipinski definition) is 0. The van der Waals surface area contributed by atoms with Crippen LogP contribution in [0.3, 0.4) is 0 Å². The first-order valence-electron chi connectivity index (χ1n) is 4.57. The SMILES string of the molecule is CCc1cc2c(cnn2C(F)F)cc1F. The third kappa shape index (κ3) is 1.58. The molecule has 0 amide bonds. The van der Waals surface area contributed by atoms with E-state index in [2.05, 4.69) is 5.10 Å². The fourth-order valence-corrected chi connectivity index (χ4v) is 1.54. The van der Waals surface area contributed by atoms with Gasteiger partial charge in [0.25, 0.3) is 0 Å². The Balaban J connectivity index is 2.69. The Kier molecular flexibility index (Phi) is 2.38. The molecule has 0 radical (unpaired) electrons. The van der Waals surface area contributed by atoms with Crippen molar-refractivity contribution in [3.63, 3.8) is 0 Å². The van der Waals surface area contributed by atoms with Gasteiger partial charge in [0.05, 0.1) is 11.7 Å². The lowest BCUT2D eigenvalue weighted by molar-refractivity contribution is 0.0615. The summed E-state index contributed by atoms with van der Waals surface area (Å²) in [6.07, 6.45) is 1.71. The van der Waals surface area contributed by atoms with Gasteiger partial charge in [-0.3, -0.25) is 0 Å². The van der Waals surface area contributed by atoms with Crippen LogP contribution in [0.4, 0.5) is 13.2 Å². The molecule has 15 heavy (non-hydrogen) atoms. The molecule has 0 saturated carbocycles. The second-order valence-corrected chi connectivity index (χ2v) is 3.22. The van der Waals surface area contributed by atoms with E-state index in [4.69, 9.17) is 0 Å². The van der Waals surface area contributed by atoms with E-state index in [0.29, 0.717) is 22.1 Å². The molecule has 2 nitrogen and oxygen atoms in total. The zero-order valence-corrected chi connectivity index (χ0v) is 8.04. The highest BCUT2D eigenvalue weighted by atomic mass is 19.3. The number of nitrogens with zero attached hydrogens (tertiary/aromatic N) is 2. The number of aryl methyl sites for hydroxylation is 1. The molecule has 0 N–H and O–H groups in total. The summed E-state index contributed by atoms with van der Waals surface area (Å²) in [6, 6.07) is 2.66. The van der Waals surface area contributed by atoms with Crippen LogP contribution in [0.25, 0.3) is 10.9 Å². The Bertz CT molecular complexity index is 491. The summed E-state index contributed by atoms with van der Waals surface area (Å²) in [5.41, 5.74) is 0.688. The summed E-state index contributed by atoms with van der Waals surface area (Å²) in [5.74, 6) is -0.376. The Morgan fingerprint density at radius 3 is 2.73 bits per heavy atom. The fourth-order valence-electron chi connectivity index (χ4n) is 1.54. The maximum Gasteiger partial charge on any atom is 0.333 e. The molecule has 0 bridgehead atoms. The molecule has 0 saturated heterocycles. The summed E-state index contributed by atoms with van der Waals surface area (Å²) in [4.78, 5) is 0. The number of benzene rings is 1. The quantitative estimate of drug-likeness (QED) is 0.750. The molecule has 1 heterocycles. The molecule has 1 aromatic carbocycles. The zero-order chi connectivity index (χ0) is 11.0. The molecular weight excluding hydrogens is 205 g/mol. The van der Waals surface area contributed by atoms with Crippen molar-refractivity contribution in [3.8, 4) is 0 Å². The van der Waals surface area contributed by atoms with Crippen molar-refractivity contribution in [1.29, 1.82) is 0 Å². The average molecular weight is 214 g/mol. The number of halogens is 3. The Morgan fingerprint density at radius 1 is 1.40 bits per heavy atom. The van der Waals surface area contributed by atoms with E-state index in [1.807, 2.05) is 0 Å². The average Bonchev–Trinajstić information content (AvgIpc) is 2.59. The van der Waals surface area contributed by atoms with Crippen molar-refractivity contribution in [3.05, 3.63) is 29.7 Å². The van der Waals surface area contributed by atoms with Crippen molar-refractivity contribution < 1.29 is 13.2 Å². The van der Waals surface area contributed by atoms with Crippen LogP contribution in [0.1, 0.15) is 19.0 Å². The standard InChI is InChI=1S/C10H9F3N2/c1-2-6-4-9-7(3-8(6)11)5-14-15(9)10(12)13/h3-5,10H,2H2,1H3. The maximum absolute atomic E-state index is 13.3. The van der Waals surface area contributed by atoms with Crippen LogP contribution in [0.2, 0.25) is 0 Å². The van der Waals surface area contributed by atoms with Crippen LogP contribution >= 0.6 is 0 Å². The monoisotopic (exact) mass is 214 g/mol. The lowest BCUT2D eigenvalue weighted by atomic mass is 10.1. The van der Waals surface area contributed by atoms with E-state index < -0.39 is 6.55 Å². The predicted molar refractivity (Wildman–Crippen MR) is 50.3 cm³/mol. The second-order valence-electron chi connectivity index (χ2n) is 3.22. The first-order valence-corrected chi connectivity index (χ1v) is 4.57. The molecule has 0 unspecified atom stereocenters. The van der Waals surface area contributed by atoms with Gasteiger partial charge in [-0.2, -0.15) is 13.9 Å². The van der Waals surface area contributed by atoms with Crippen molar-refractivity contribution in [1.82, 2.24) is 9.78 Å². The number of aromatic nitrogens is 2.